The molecule has 2 N–H and O–H groups in total. The van der Waals surface area contributed by atoms with Gasteiger partial charge in [-0.25, -0.2) is 0 Å². The maximum Gasteiger partial charge on any atom is -0.00186 e. The average molecular weight is 212 g/mol. The van der Waals surface area contributed by atoms with Crippen LogP contribution in [0, 0.1) is 5.92 Å². The molecule has 2 nitrogen and oxygen atoms in total. The van der Waals surface area contributed by atoms with Crippen LogP contribution in [-0.4, -0.2) is 31.1 Å². The van der Waals surface area contributed by atoms with Gasteiger partial charge in [0.2, 0.25) is 0 Å². The van der Waals surface area contributed by atoms with Crippen LogP contribution in [0.1, 0.15) is 51.9 Å². The third kappa shape index (κ3) is 6.16. The van der Waals surface area contributed by atoms with Crippen LogP contribution in [-0.2, 0) is 0 Å². The fraction of sp³-hybridized carbons (Fsp3) is 1.00. The van der Waals surface area contributed by atoms with Crippen molar-refractivity contribution in [2.45, 2.75) is 51.9 Å². The molecular formula is C13H28N2. The van der Waals surface area contributed by atoms with Gasteiger partial charge in [0.15, 0.2) is 0 Å². The first-order valence-corrected chi connectivity index (χ1v) is 6.75. The fourth-order valence-electron chi connectivity index (χ4n) is 2.45. The topological polar surface area (TPSA) is 29.3 Å². The summed E-state index contributed by atoms with van der Waals surface area (Å²) in [5.41, 5.74) is 5.55. The summed E-state index contributed by atoms with van der Waals surface area (Å²) in [6.07, 6.45) is 9.63. The average Bonchev–Trinajstić information content (AvgIpc) is 2.47. The Labute approximate surface area is 95.2 Å². The van der Waals surface area contributed by atoms with Crippen LogP contribution in [0.5, 0.6) is 0 Å². The Balaban J connectivity index is 2.02. The Bertz CT molecular complexity index is 139. The van der Waals surface area contributed by atoms with Crippen LogP contribution in [0.25, 0.3) is 0 Å². The van der Waals surface area contributed by atoms with Crippen molar-refractivity contribution < 1.29 is 0 Å². The molecule has 1 atom stereocenters. The largest absolute Gasteiger partial charge is 0.330 e. The van der Waals surface area contributed by atoms with Crippen LogP contribution in [0.4, 0.5) is 0 Å². The lowest BCUT2D eigenvalue weighted by Gasteiger charge is -2.20. The number of hydrogen-bond acceptors (Lipinski definition) is 2. The van der Waals surface area contributed by atoms with Crippen molar-refractivity contribution in [3.05, 3.63) is 0 Å². The molecule has 1 aliphatic heterocycles. The molecule has 0 saturated carbocycles. The van der Waals surface area contributed by atoms with E-state index in [1.54, 1.807) is 0 Å². The summed E-state index contributed by atoms with van der Waals surface area (Å²) in [6, 6.07) is 0. The minimum absolute atomic E-state index is 0.821. The van der Waals surface area contributed by atoms with E-state index in [1.807, 2.05) is 0 Å². The highest BCUT2D eigenvalue weighted by atomic mass is 15.1. The number of likely N-dealkylation sites (tertiary alicyclic amines) is 1. The van der Waals surface area contributed by atoms with Crippen molar-refractivity contribution in [1.82, 2.24) is 4.90 Å². The van der Waals surface area contributed by atoms with Gasteiger partial charge in [-0.05, 0) is 64.2 Å². The van der Waals surface area contributed by atoms with Crippen LogP contribution in [0.15, 0.2) is 0 Å². The summed E-state index contributed by atoms with van der Waals surface area (Å²) < 4.78 is 0. The summed E-state index contributed by atoms with van der Waals surface area (Å²) in [5, 5.41) is 0. The highest BCUT2D eigenvalue weighted by molar-refractivity contribution is 4.64. The molecule has 0 aromatic rings. The van der Waals surface area contributed by atoms with E-state index in [0.29, 0.717) is 0 Å². The maximum atomic E-state index is 5.55. The Kier molecular flexibility index (Phi) is 7.03. The van der Waals surface area contributed by atoms with Crippen molar-refractivity contribution in [3.63, 3.8) is 0 Å². The van der Waals surface area contributed by atoms with E-state index in [0.717, 1.165) is 12.5 Å². The summed E-state index contributed by atoms with van der Waals surface area (Å²) in [4.78, 5) is 2.65. The molecule has 1 saturated heterocycles. The van der Waals surface area contributed by atoms with E-state index in [9.17, 15) is 0 Å². The first-order valence-electron chi connectivity index (χ1n) is 6.75. The first-order chi connectivity index (χ1) is 7.33. The van der Waals surface area contributed by atoms with Gasteiger partial charge >= 0.3 is 0 Å². The van der Waals surface area contributed by atoms with Gasteiger partial charge < -0.3 is 10.6 Å². The Morgan fingerprint density at radius 3 is 2.33 bits per heavy atom. The molecule has 0 bridgehead atoms. The van der Waals surface area contributed by atoms with E-state index in [2.05, 4.69) is 11.8 Å². The summed E-state index contributed by atoms with van der Waals surface area (Å²) >= 11 is 0. The quantitative estimate of drug-likeness (QED) is 0.733. The van der Waals surface area contributed by atoms with Crippen molar-refractivity contribution in [2.75, 3.05) is 26.2 Å². The zero-order chi connectivity index (χ0) is 10.9. The second kappa shape index (κ2) is 8.12. The monoisotopic (exact) mass is 212 g/mol. The molecule has 1 aliphatic rings. The zero-order valence-corrected chi connectivity index (χ0v) is 10.4. The van der Waals surface area contributed by atoms with Gasteiger partial charge in [-0.1, -0.05) is 19.8 Å². The lowest BCUT2D eigenvalue weighted by atomic mass is 10.0. The highest BCUT2D eigenvalue weighted by Crippen LogP contribution is 2.13. The maximum absolute atomic E-state index is 5.55. The summed E-state index contributed by atoms with van der Waals surface area (Å²) in [5.74, 6) is 0.821. The molecule has 0 radical (unpaired) electrons. The summed E-state index contributed by atoms with van der Waals surface area (Å²) in [6.45, 7) is 7.17. The minimum atomic E-state index is 0.821. The molecule has 2 heteroatoms. The molecule has 90 valence electrons. The van der Waals surface area contributed by atoms with Crippen LogP contribution in [0.2, 0.25) is 0 Å². The molecule has 1 rings (SSSR count). The van der Waals surface area contributed by atoms with E-state index in [1.165, 1.54) is 64.6 Å². The third-order valence-electron chi connectivity index (χ3n) is 3.53. The molecule has 0 aromatic carbocycles. The predicted molar refractivity (Wildman–Crippen MR) is 67.0 cm³/mol. The molecule has 1 unspecified atom stereocenters. The number of nitrogens with zero attached hydrogens (tertiary/aromatic N) is 1. The molecule has 1 fully saturated rings. The van der Waals surface area contributed by atoms with E-state index in [-0.39, 0.29) is 0 Å². The Morgan fingerprint density at radius 1 is 1.07 bits per heavy atom. The van der Waals surface area contributed by atoms with Crippen LogP contribution >= 0.6 is 0 Å². The second-order valence-corrected chi connectivity index (χ2v) is 5.08. The van der Waals surface area contributed by atoms with Gasteiger partial charge in [0.1, 0.15) is 0 Å². The molecule has 1 heterocycles. The lowest BCUT2D eigenvalue weighted by molar-refractivity contribution is 0.271. The second-order valence-electron chi connectivity index (χ2n) is 5.08. The normalized spacial score (nSPS) is 21.2. The Morgan fingerprint density at radius 2 is 1.73 bits per heavy atom. The molecule has 15 heavy (non-hydrogen) atoms. The van der Waals surface area contributed by atoms with E-state index < -0.39 is 0 Å². The first kappa shape index (κ1) is 13.0. The Hall–Kier alpha value is -0.0800. The molecular weight excluding hydrogens is 184 g/mol. The standard InChI is InChI=1S/C13H28N2/c1-13(8-9-14)7-6-12-15-10-4-2-3-5-11-15/h13H,2-12,14H2,1H3. The van der Waals surface area contributed by atoms with E-state index in [4.69, 9.17) is 5.73 Å². The third-order valence-corrected chi connectivity index (χ3v) is 3.53. The van der Waals surface area contributed by atoms with Crippen molar-refractivity contribution in [3.8, 4) is 0 Å². The van der Waals surface area contributed by atoms with Gasteiger partial charge in [-0.15, -0.1) is 0 Å². The van der Waals surface area contributed by atoms with Crippen molar-refractivity contribution in [2.24, 2.45) is 11.7 Å². The molecule has 0 amide bonds. The molecule has 0 aromatic heterocycles. The summed E-state index contributed by atoms with van der Waals surface area (Å²) in [7, 11) is 0. The van der Waals surface area contributed by atoms with Gasteiger partial charge in [-0.3, -0.25) is 0 Å². The smallest absolute Gasteiger partial charge is 0.00186 e. The van der Waals surface area contributed by atoms with Crippen molar-refractivity contribution in [1.29, 1.82) is 0 Å². The zero-order valence-electron chi connectivity index (χ0n) is 10.4. The predicted octanol–water partition coefficient (Wildman–Crippen LogP) is 2.63. The van der Waals surface area contributed by atoms with Crippen LogP contribution < -0.4 is 5.73 Å². The number of rotatable bonds is 6. The van der Waals surface area contributed by atoms with Gasteiger partial charge in [0, 0.05) is 0 Å². The number of nitrogens with two attached hydrogens (primary N) is 1. The SMILES string of the molecule is CC(CCN)CCCN1CCCCCC1. The van der Waals surface area contributed by atoms with Gasteiger partial charge in [-0.2, -0.15) is 0 Å². The lowest BCUT2D eigenvalue weighted by Crippen LogP contribution is -2.26. The fourth-order valence-corrected chi connectivity index (χ4v) is 2.45. The molecule has 0 aliphatic carbocycles. The van der Waals surface area contributed by atoms with Gasteiger partial charge in [0.05, 0.1) is 0 Å². The van der Waals surface area contributed by atoms with Crippen molar-refractivity contribution >= 4 is 0 Å². The molecule has 0 spiro atoms. The van der Waals surface area contributed by atoms with Crippen LogP contribution in [0.3, 0.4) is 0 Å². The van der Waals surface area contributed by atoms with E-state index >= 15 is 0 Å². The minimum Gasteiger partial charge on any atom is -0.330 e. The van der Waals surface area contributed by atoms with Gasteiger partial charge in [0.25, 0.3) is 0 Å². The number of hydrogen-bond donors (Lipinski definition) is 1. The highest BCUT2D eigenvalue weighted by Gasteiger charge is 2.09.